The van der Waals surface area contributed by atoms with Gasteiger partial charge in [-0.15, -0.1) is 0 Å². The van der Waals surface area contributed by atoms with E-state index in [-0.39, 0.29) is 12.3 Å². The molecular weight excluding hydrogens is 363 g/mol. The highest BCUT2D eigenvalue weighted by Crippen LogP contribution is 2.31. The van der Waals surface area contributed by atoms with Gasteiger partial charge in [0.15, 0.2) is 4.80 Å². The summed E-state index contributed by atoms with van der Waals surface area (Å²) in [6.45, 7) is 2.11. The van der Waals surface area contributed by atoms with Crippen LogP contribution in [0.2, 0.25) is 10.0 Å². The Morgan fingerprint density at radius 2 is 1.79 bits per heavy atom. The Balaban J connectivity index is 1.92. The van der Waals surface area contributed by atoms with Crippen LogP contribution in [0.15, 0.2) is 41.4 Å². The van der Waals surface area contributed by atoms with Crippen LogP contribution in [0, 0.1) is 0 Å². The van der Waals surface area contributed by atoms with Gasteiger partial charge in [-0.05, 0) is 29.7 Å². The highest BCUT2D eigenvalue weighted by Gasteiger charge is 2.11. The van der Waals surface area contributed by atoms with Crippen LogP contribution in [-0.2, 0) is 24.7 Å². The van der Waals surface area contributed by atoms with Crippen LogP contribution in [0.25, 0.3) is 10.2 Å². The lowest BCUT2D eigenvalue weighted by Gasteiger charge is -2.01. The summed E-state index contributed by atoms with van der Waals surface area (Å²) in [6, 6.07) is 11.7. The number of carbonyl (C=O) groups excluding carboxylic acids is 1. The van der Waals surface area contributed by atoms with Crippen molar-refractivity contribution in [1.82, 2.24) is 4.57 Å². The molecule has 1 amide bonds. The molecule has 1 aromatic heterocycles. The number of halogens is 2. The molecule has 0 spiro atoms. The first-order valence-electron chi connectivity index (χ1n) is 7.58. The lowest BCUT2D eigenvalue weighted by molar-refractivity contribution is -0.117. The van der Waals surface area contributed by atoms with Crippen molar-refractivity contribution in [2.45, 2.75) is 19.8 Å². The van der Waals surface area contributed by atoms with Gasteiger partial charge in [0, 0.05) is 7.05 Å². The quantitative estimate of drug-likeness (QED) is 0.645. The minimum atomic E-state index is -0.177. The Morgan fingerprint density at radius 1 is 1.12 bits per heavy atom. The lowest BCUT2D eigenvalue weighted by Crippen LogP contribution is -2.14. The van der Waals surface area contributed by atoms with Gasteiger partial charge in [0.1, 0.15) is 0 Å². The fourth-order valence-electron chi connectivity index (χ4n) is 2.49. The monoisotopic (exact) mass is 378 g/mol. The highest BCUT2D eigenvalue weighted by atomic mass is 35.5. The summed E-state index contributed by atoms with van der Waals surface area (Å²) in [6.07, 6.45) is 1.27. The Hall–Kier alpha value is -1.62. The molecule has 3 aromatic rings. The zero-order chi connectivity index (χ0) is 17.3. The van der Waals surface area contributed by atoms with E-state index in [1.165, 1.54) is 16.9 Å². The molecule has 1 heterocycles. The van der Waals surface area contributed by atoms with Crippen molar-refractivity contribution in [1.29, 1.82) is 0 Å². The number of nitrogens with zero attached hydrogens (tertiary/aromatic N) is 2. The number of fused-ring (bicyclic) bond motifs is 1. The molecule has 0 N–H and O–H groups in total. The zero-order valence-electron chi connectivity index (χ0n) is 13.3. The van der Waals surface area contributed by atoms with Crippen molar-refractivity contribution < 1.29 is 4.79 Å². The first-order valence-corrected chi connectivity index (χ1v) is 9.15. The predicted molar refractivity (Wildman–Crippen MR) is 101 cm³/mol. The van der Waals surface area contributed by atoms with E-state index in [9.17, 15) is 4.79 Å². The molecule has 0 fully saturated rings. The molecule has 0 saturated heterocycles. The second-order valence-electron chi connectivity index (χ2n) is 5.50. The first kappa shape index (κ1) is 17.2. The summed E-state index contributed by atoms with van der Waals surface area (Å²) >= 11 is 13.8. The normalized spacial score (nSPS) is 12.1. The van der Waals surface area contributed by atoms with Gasteiger partial charge in [0.25, 0.3) is 5.91 Å². The third-order valence-electron chi connectivity index (χ3n) is 3.86. The number of carbonyl (C=O) groups is 1. The summed E-state index contributed by atoms with van der Waals surface area (Å²) in [4.78, 5) is 17.1. The topological polar surface area (TPSA) is 34.4 Å². The van der Waals surface area contributed by atoms with Gasteiger partial charge in [-0.2, -0.15) is 4.99 Å². The fraction of sp³-hybridized carbons (Fsp3) is 0.222. The maximum Gasteiger partial charge on any atom is 0.252 e. The van der Waals surface area contributed by atoms with Gasteiger partial charge in [-0.3, -0.25) is 4.79 Å². The molecule has 3 rings (SSSR count). The average molecular weight is 379 g/mol. The number of amides is 1. The van der Waals surface area contributed by atoms with Crippen molar-refractivity contribution in [3.63, 3.8) is 0 Å². The summed E-state index contributed by atoms with van der Waals surface area (Å²) in [5.74, 6) is -0.177. The van der Waals surface area contributed by atoms with E-state index < -0.39 is 0 Å². The van der Waals surface area contributed by atoms with Crippen LogP contribution in [0.5, 0.6) is 0 Å². The number of aryl methyl sites for hydroxylation is 2. The second-order valence-corrected chi connectivity index (χ2v) is 7.30. The van der Waals surface area contributed by atoms with Crippen LogP contribution in [-0.4, -0.2) is 10.5 Å². The molecule has 124 valence electrons. The average Bonchev–Trinajstić information content (AvgIpc) is 2.88. The van der Waals surface area contributed by atoms with Crippen LogP contribution in [0.1, 0.15) is 18.1 Å². The summed E-state index contributed by atoms with van der Waals surface area (Å²) in [5.41, 5.74) is 3.02. The van der Waals surface area contributed by atoms with E-state index in [4.69, 9.17) is 23.2 Å². The van der Waals surface area contributed by atoms with Gasteiger partial charge in [0.2, 0.25) is 0 Å². The van der Waals surface area contributed by atoms with E-state index in [1.807, 2.05) is 41.9 Å². The SMILES string of the molecule is CCc1ccc(CC(=O)N=c2sc3ccc(Cl)c(Cl)c3n2C)cc1. The maximum atomic E-state index is 12.3. The molecule has 0 aliphatic rings. The number of rotatable bonds is 3. The number of aromatic nitrogens is 1. The van der Waals surface area contributed by atoms with Crippen molar-refractivity contribution in [3.05, 3.63) is 62.4 Å². The van der Waals surface area contributed by atoms with E-state index in [2.05, 4.69) is 11.9 Å². The Kier molecular flexibility index (Phi) is 5.09. The fourth-order valence-corrected chi connectivity index (χ4v) is 4.04. The van der Waals surface area contributed by atoms with Gasteiger partial charge >= 0.3 is 0 Å². The largest absolute Gasteiger partial charge is 0.318 e. The van der Waals surface area contributed by atoms with Crippen molar-refractivity contribution in [2.75, 3.05) is 0 Å². The van der Waals surface area contributed by atoms with Gasteiger partial charge in [0.05, 0.1) is 26.7 Å². The molecule has 0 atom stereocenters. The zero-order valence-corrected chi connectivity index (χ0v) is 15.7. The molecular formula is C18H16Cl2N2OS. The van der Waals surface area contributed by atoms with Crippen LogP contribution >= 0.6 is 34.5 Å². The highest BCUT2D eigenvalue weighted by molar-refractivity contribution is 7.16. The van der Waals surface area contributed by atoms with E-state index in [0.717, 1.165) is 22.2 Å². The molecule has 0 radical (unpaired) electrons. The molecule has 0 bridgehead atoms. The third kappa shape index (κ3) is 3.41. The molecule has 3 nitrogen and oxygen atoms in total. The molecule has 24 heavy (non-hydrogen) atoms. The number of hydrogen-bond acceptors (Lipinski definition) is 2. The summed E-state index contributed by atoms with van der Waals surface area (Å²) in [5, 5.41) is 0.975. The standard InChI is InChI=1S/C18H16Cl2N2OS/c1-3-11-4-6-12(7-5-11)10-15(23)21-18-22(2)17-14(24-18)9-8-13(19)16(17)20/h4-9H,3,10H2,1-2H3. The Bertz CT molecular complexity index is 971. The summed E-state index contributed by atoms with van der Waals surface area (Å²) in [7, 11) is 1.84. The van der Waals surface area contributed by atoms with Crippen molar-refractivity contribution in [3.8, 4) is 0 Å². The lowest BCUT2D eigenvalue weighted by atomic mass is 10.1. The van der Waals surface area contributed by atoms with Gasteiger partial charge in [-0.1, -0.05) is 65.7 Å². The van der Waals surface area contributed by atoms with Crippen LogP contribution < -0.4 is 4.80 Å². The Morgan fingerprint density at radius 3 is 2.46 bits per heavy atom. The second kappa shape index (κ2) is 7.09. The summed E-state index contributed by atoms with van der Waals surface area (Å²) < 4.78 is 2.76. The first-order chi connectivity index (χ1) is 11.5. The van der Waals surface area contributed by atoms with Crippen molar-refractivity contribution in [2.24, 2.45) is 12.0 Å². The van der Waals surface area contributed by atoms with E-state index in [1.54, 1.807) is 6.07 Å². The number of hydrogen-bond donors (Lipinski definition) is 0. The molecule has 0 aliphatic carbocycles. The molecule has 0 saturated carbocycles. The minimum absolute atomic E-state index is 0.177. The number of benzene rings is 2. The molecule has 6 heteroatoms. The minimum Gasteiger partial charge on any atom is -0.318 e. The van der Waals surface area contributed by atoms with Crippen molar-refractivity contribution >= 4 is 50.7 Å². The van der Waals surface area contributed by atoms with Gasteiger partial charge in [-0.25, -0.2) is 0 Å². The smallest absolute Gasteiger partial charge is 0.252 e. The number of thiazole rings is 1. The third-order valence-corrected chi connectivity index (χ3v) is 5.75. The molecule has 2 aromatic carbocycles. The van der Waals surface area contributed by atoms with Gasteiger partial charge < -0.3 is 4.57 Å². The maximum absolute atomic E-state index is 12.3. The van der Waals surface area contributed by atoms with E-state index in [0.29, 0.717) is 14.8 Å². The van der Waals surface area contributed by atoms with Crippen LogP contribution in [0.3, 0.4) is 0 Å². The van der Waals surface area contributed by atoms with Crippen LogP contribution in [0.4, 0.5) is 0 Å². The predicted octanol–water partition coefficient (Wildman–Crippen LogP) is 4.78. The molecule has 0 aliphatic heterocycles. The Labute approximate surface area is 154 Å². The molecule has 0 unspecified atom stereocenters. The van der Waals surface area contributed by atoms with E-state index >= 15 is 0 Å².